The van der Waals surface area contributed by atoms with E-state index in [1.54, 1.807) is 0 Å². The Labute approximate surface area is 123 Å². The third-order valence-corrected chi connectivity index (χ3v) is 4.27. The fourth-order valence-corrected chi connectivity index (χ4v) is 2.83. The molecule has 0 saturated heterocycles. The molecule has 98 valence electrons. The van der Waals surface area contributed by atoms with E-state index in [1.165, 1.54) is 32.1 Å². The molecule has 1 saturated carbocycles. The summed E-state index contributed by atoms with van der Waals surface area (Å²) in [6, 6.07) is 8.14. The van der Waals surface area contributed by atoms with Gasteiger partial charge in [0.05, 0.1) is 0 Å². The predicted molar refractivity (Wildman–Crippen MR) is 82.7 cm³/mol. The highest BCUT2D eigenvalue weighted by molar-refractivity contribution is 14.1. The minimum atomic E-state index is 0.0805. The van der Waals surface area contributed by atoms with Gasteiger partial charge >= 0.3 is 0 Å². The van der Waals surface area contributed by atoms with E-state index in [2.05, 4.69) is 27.9 Å². The average Bonchev–Trinajstić information content (AvgIpc) is 2.33. The molecule has 1 amide bonds. The minimum Gasteiger partial charge on any atom is -0.349 e. The molecule has 2 rings (SSSR count). The van der Waals surface area contributed by atoms with E-state index in [0.29, 0.717) is 6.04 Å². The summed E-state index contributed by atoms with van der Waals surface area (Å²) in [7, 11) is 0. The van der Waals surface area contributed by atoms with Crippen LogP contribution in [0.15, 0.2) is 24.3 Å². The molecule has 0 aromatic heterocycles. The zero-order valence-electron chi connectivity index (χ0n) is 10.6. The molecule has 1 aromatic rings. The summed E-state index contributed by atoms with van der Waals surface area (Å²) in [6.45, 7) is 0. The SMILES string of the molecule is O=C(NC1CCCCCCC1)c1ccc(I)cc1. The average molecular weight is 357 g/mol. The third kappa shape index (κ3) is 4.26. The molecule has 1 aliphatic rings. The third-order valence-electron chi connectivity index (χ3n) is 3.55. The van der Waals surface area contributed by atoms with Crippen LogP contribution in [0, 0.1) is 3.57 Å². The first-order chi connectivity index (χ1) is 8.75. The monoisotopic (exact) mass is 357 g/mol. The second-order valence-corrected chi connectivity index (χ2v) is 6.27. The van der Waals surface area contributed by atoms with Crippen molar-refractivity contribution in [3.63, 3.8) is 0 Å². The van der Waals surface area contributed by atoms with Crippen LogP contribution in [0.1, 0.15) is 55.3 Å². The molecule has 0 atom stereocenters. The van der Waals surface area contributed by atoms with E-state index in [1.807, 2.05) is 24.3 Å². The minimum absolute atomic E-state index is 0.0805. The second-order valence-electron chi connectivity index (χ2n) is 5.02. The Hall–Kier alpha value is -0.580. The Morgan fingerprint density at radius 1 is 1.00 bits per heavy atom. The second kappa shape index (κ2) is 7.12. The summed E-state index contributed by atoms with van der Waals surface area (Å²) >= 11 is 2.25. The van der Waals surface area contributed by atoms with Crippen LogP contribution >= 0.6 is 22.6 Å². The lowest BCUT2D eigenvalue weighted by Crippen LogP contribution is -2.35. The zero-order valence-corrected chi connectivity index (χ0v) is 12.8. The van der Waals surface area contributed by atoms with Crippen LogP contribution in [0.3, 0.4) is 0 Å². The van der Waals surface area contributed by atoms with Gasteiger partial charge in [0, 0.05) is 15.2 Å². The summed E-state index contributed by atoms with van der Waals surface area (Å²) < 4.78 is 1.16. The van der Waals surface area contributed by atoms with Crippen molar-refractivity contribution in [1.29, 1.82) is 0 Å². The van der Waals surface area contributed by atoms with Gasteiger partial charge in [-0.05, 0) is 59.7 Å². The Balaban J connectivity index is 1.91. The van der Waals surface area contributed by atoms with Gasteiger partial charge in [-0.3, -0.25) is 4.79 Å². The summed E-state index contributed by atoms with van der Waals surface area (Å²) in [4.78, 5) is 12.1. The van der Waals surface area contributed by atoms with Crippen molar-refractivity contribution in [3.8, 4) is 0 Å². The molecule has 1 N–H and O–H groups in total. The largest absolute Gasteiger partial charge is 0.349 e. The van der Waals surface area contributed by atoms with Crippen LogP contribution in [0.25, 0.3) is 0 Å². The number of hydrogen-bond acceptors (Lipinski definition) is 1. The highest BCUT2D eigenvalue weighted by atomic mass is 127. The molecule has 0 radical (unpaired) electrons. The summed E-state index contributed by atoms with van der Waals surface area (Å²) in [5.41, 5.74) is 0.775. The van der Waals surface area contributed by atoms with Gasteiger partial charge in [0.15, 0.2) is 0 Å². The Morgan fingerprint density at radius 2 is 1.56 bits per heavy atom. The van der Waals surface area contributed by atoms with Gasteiger partial charge < -0.3 is 5.32 Å². The predicted octanol–water partition coefficient (Wildman–Crippen LogP) is 4.13. The molecule has 18 heavy (non-hydrogen) atoms. The number of rotatable bonds is 2. The lowest BCUT2D eigenvalue weighted by Gasteiger charge is -2.21. The number of nitrogens with one attached hydrogen (secondary N) is 1. The van der Waals surface area contributed by atoms with Gasteiger partial charge in [-0.2, -0.15) is 0 Å². The molecule has 1 aliphatic carbocycles. The van der Waals surface area contributed by atoms with Crippen LogP contribution in [0.5, 0.6) is 0 Å². The van der Waals surface area contributed by atoms with Crippen molar-refractivity contribution < 1.29 is 4.79 Å². The van der Waals surface area contributed by atoms with Crippen LogP contribution < -0.4 is 5.32 Å². The van der Waals surface area contributed by atoms with Gasteiger partial charge in [0.1, 0.15) is 0 Å². The molecule has 0 aliphatic heterocycles. The topological polar surface area (TPSA) is 29.1 Å². The van der Waals surface area contributed by atoms with Crippen molar-refractivity contribution in [3.05, 3.63) is 33.4 Å². The molecule has 0 heterocycles. The first-order valence-corrected chi connectivity index (χ1v) is 7.90. The first kappa shape index (κ1) is 13.8. The van der Waals surface area contributed by atoms with Crippen LogP contribution in [-0.2, 0) is 0 Å². The van der Waals surface area contributed by atoms with Gasteiger partial charge in [0.2, 0.25) is 0 Å². The molecule has 2 nitrogen and oxygen atoms in total. The van der Waals surface area contributed by atoms with Gasteiger partial charge in [-0.1, -0.05) is 32.1 Å². The van der Waals surface area contributed by atoms with Gasteiger partial charge in [-0.15, -0.1) is 0 Å². The van der Waals surface area contributed by atoms with Crippen LogP contribution in [-0.4, -0.2) is 11.9 Å². The maximum absolute atomic E-state index is 12.1. The Kier molecular flexibility index (Phi) is 5.47. The molecular formula is C15H20INO. The van der Waals surface area contributed by atoms with Crippen molar-refractivity contribution in [2.24, 2.45) is 0 Å². The van der Waals surface area contributed by atoms with Crippen LogP contribution in [0.2, 0.25) is 0 Å². The van der Waals surface area contributed by atoms with Crippen molar-refractivity contribution >= 4 is 28.5 Å². The van der Waals surface area contributed by atoms with Crippen molar-refractivity contribution in [2.45, 2.75) is 51.0 Å². The fraction of sp³-hybridized carbons (Fsp3) is 0.533. The number of amides is 1. The number of carbonyl (C=O) groups is 1. The van der Waals surface area contributed by atoms with Crippen molar-refractivity contribution in [1.82, 2.24) is 5.32 Å². The zero-order chi connectivity index (χ0) is 12.8. The first-order valence-electron chi connectivity index (χ1n) is 6.82. The molecular weight excluding hydrogens is 337 g/mol. The standard InChI is InChI=1S/C15H20INO/c16-13-10-8-12(9-11-13)15(18)17-14-6-4-2-1-3-5-7-14/h8-11,14H,1-7H2,(H,17,18). The smallest absolute Gasteiger partial charge is 0.251 e. The number of carbonyl (C=O) groups excluding carboxylic acids is 1. The van der Waals surface area contributed by atoms with E-state index in [-0.39, 0.29) is 5.91 Å². The lowest BCUT2D eigenvalue weighted by molar-refractivity contribution is 0.0930. The Morgan fingerprint density at radius 3 is 2.17 bits per heavy atom. The molecule has 3 heteroatoms. The maximum atomic E-state index is 12.1. The normalized spacial score (nSPS) is 17.8. The lowest BCUT2D eigenvalue weighted by atomic mass is 9.96. The molecule has 1 fully saturated rings. The van der Waals surface area contributed by atoms with Crippen LogP contribution in [0.4, 0.5) is 0 Å². The summed E-state index contributed by atoms with van der Waals surface area (Å²) in [5.74, 6) is 0.0805. The molecule has 0 unspecified atom stereocenters. The van der Waals surface area contributed by atoms with E-state index in [4.69, 9.17) is 0 Å². The van der Waals surface area contributed by atoms with E-state index in [0.717, 1.165) is 22.0 Å². The van der Waals surface area contributed by atoms with E-state index >= 15 is 0 Å². The highest BCUT2D eigenvalue weighted by Crippen LogP contribution is 2.17. The number of halogens is 1. The molecule has 1 aromatic carbocycles. The quantitative estimate of drug-likeness (QED) is 0.793. The number of benzene rings is 1. The van der Waals surface area contributed by atoms with Crippen molar-refractivity contribution in [2.75, 3.05) is 0 Å². The summed E-state index contributed by atoms with van der Waals surface area (Å²) in [6.07, 6.45) is 8.76. The Bertz CT molecular complexity index is 380. The molecule has 0 spiro atoms. The number of hydrogen-bond donors (Lipinski definition) is 1. The fourth-order valence-electron chi connectivity index (χ4n) is 2.47. The van der Waals surface area contributed by atoms with Gasteiger partial charge in [-0.25, -0.2) is 0 Å². The molecule has 0 bridgehead atoms. The highest BCUT2D eigenvalue weighted by Gasteiger charge is 2.14. The van der Waals surface area contributed by atoms with Gasteiger partial charge in [0.25, 0.3) is 5.91 Å². The van der Waals surface area contributed by atoms with E-state index < -0.39 is 0 Å². The summed E-state index contributed by atoms with van der Waals surface area (Å²) in [5, 5.41) is 3.18. The van der Waals surface area contributed by atoms with E-state index in [9.17, 15) is 4.79 Å². The maximum Gasteiger partial charge on any atom is 0.251 e.